The minimum Gasteiger partial charge on any atom is -0.354 e. The van der Waals surface area contributed by atoms with Crippen LogP contribution in [0.5, 0.6) is 0 Å². The van der Waals surface area contributed by atoms with Crippen molar-refractivity contribution in [3.63, 3.8) is 0 Å². The number of aromatic nitrogens is 2. The standard InChI is InChI=1S/C16H27N5O3S/c1-10-15(11(2)20-19-10)25(23,24)21-7-3-4-13(9-21)16(22)18-8-14(17)12-5-6-12/h12-14H,3-9,17H2,1-2H3,(H,18,22)(H,19,20). The molecule has 2 aliphatic rings. The van der Waals surface area contributed by atoms with Crippen molar-refractivity contribution in [3.8, 4) is 0 Å². The fourth-order valence-corrected chi connectivity index (χ4v) is 5.33. The van der Waals surface area contributed by atoms with Crippen molar-refractivity contribution < 1.29 is 13.2 Å². The average molecular weight is 369 g/mol. The van der Waals surface area contributed by atoms with Gasteiger partial charge in [-0.1, -0.05) is 0 Å². The molecule has 9 heteroatoms. The van der Waals surface area contributed by atoms with Crippen molar-refractivity contribution in [2.45, 2.75) is 50.5 Å². The molecule has 1 aliphatic carbocycles. The largest absolute Gasteiger partial charge is 0.354 e. The third-order valence-corrected chi connectivity index (χ3v) is 7.28. The van der Waals surface area contributed by atoms with Gasteiger partial charge in [0.2, 0.25) is 15.9 Å². The topological polar surface area (TPSA) is 121 Å². The molecule has 4 N–H and O–H groups in total. The van der Waals surface area contributed by atoms with Gasteiger partial charge < -0.3 is 11.1 Å². The zero-order chi connectivity index (χ0) is 18.2. The number of H-pyrrole nitrogens is 1. The van der Waals surface area contributed by atoms with E-state index in [-0.39, 0.29) is 29.3 Å². The Morgan fingerprint density at radius 3 is 2.72 bits per heavy atom. The first kappa shape index (κ1) is 18.3. The lowest BCUT2D eigenvalue weighted by Crippen LogP contribution is -2.47. The zero-order valence-corrected chi connectivity index (χ0v) is 15.6. The SMILES string of the molecule is Cc1n[nH]c(C)c1S(=O)(=O)N1CCCC(C(=O)NCC(N)C2CC2)C1. The molecule has 1 aromatic heterocycles. The summed E-state index contributed by atoms with van der Waals surface area (Å²) in [5.74, 6) is 0.0923. The number of aromatic amines is 1. The van der Waals surface area contributed by atoms with Crippen LogP contribution < -0.4 is 11.1 Å². The van der Waals surface area contributed by atoms with Gasteiger partial charge in [0.05, 0.1) is 17.3 Å². The van der Waals surface area contributed by atoms with E-state index in [9.17, 15) is 13.2 Å². The van der Waals surface area contributed by atoms with Gasteiger partial charge in [-0.25, -0.2) is 8.42 Å². The Morgan fingerprint density at radius 2 is 2.12 bits per heavy atom. The molecule has 1 amide bonds. The van der Waals surface area contributed by atoms with Crippen LogP contribution in [0.15, 0.2) is 4.90 Å². The molecule has 3 rings (SSSR count). The number of carbonyl (C=O) groups excluding carboxylic acids is 1. The van der Waals surface area contributed by atoms with Crippen LogP contribution in [0.3, 0.4) is 0 Å². The molecule has 0 radical (unpaired) electrons. The molecule has 2 heterocycles. The highest BCUT2D eigenvalue weighted by atomic mass is 32.2. The smallest absolute Gasteiger partial charge is 0.246 e. The van der Waals surface area contributed by atoms with Crippen molar-refractivity contribution in [1.82, 2.24) is 19.8 Å². The molecule has 8 nitrogen and oxygen atoms in total. The van der Waals surface area contributed by atoms with Crippen molar-refractivity contribution in [1.29, 1.82) is 0 Å². The van der Waals surface area contributed by atoms with Crippen LogP contribution in [0.25, 0.3) is 0 Å². The molecule has 2 atom stereocenters. The van der Waals surface area contributed by atoms with E-state index in [1.807, 2.05) is 0 Å². The highest BCUT2D eigenvalue weighted by molar-refractivity contribution is 7.89. The molecule has 140 valence electrons. The molecule has 1 aromatic rings. The summed E-state index contributed by atoms with van der Waals surface area (Å²) in [4.78, 5) is 12.7. The summed E-state index contributed by atoms with van der Waals surface area (Å²) in [6.07, 6.45) is 3.63. The zero-order valence-electron chi connectivity index (χ0n) is 14.8. The molecule has 0 spiro atoms. The number of carbonyl (C=O) groups is 1. The number of nitrogens with zero attached hydrogens (tertiary/aromatic N) is 2. The van der Waals surface area contributed by atoms with Crippen LogP contribution in [0.1, 0.15) is 37.1 Å². The Labute approximate surface area is 148 Å². The second-order valence-electron chi connectivity index (χ2n) is 7.21. The summed E-state index contributed by atoms with van der Waals surface area (Å²) in [5.41, 5.74) is 7.00. The van der Waals surface area contributed by atoms with Crippen molar-refractivity contribution in [3.05, 3.63) is 11.4 Å². The summed E-state index contributed by atoms with van der Waals surface area (Å²) in [5, 5.41) is 9.59. The van der Waals surface area contributed by atoms with Crippen LogP contribution in [0.4, 0.5) is 0 Å². The van der Waals surface area contributed by atoms with E-state index in [1.54, 1.807) is 13.8 Å². The van der Waals surface area contributed by atoms with Gasteiger partial charge in [0.25, 0.3) is 0 Å². The summed E-state index contributed by atoms with van der Waals surface area (Å²) in [6, 6.07) is 0.00334. The third kappa shape index (κ3) is 3.88. The highest BCUT2D eigenvalue weighted by Crippen LogP contribution is 2.31. The number of amides is 1. The molecular weight excluding hydrogens is 342 g/mol. The van der Waals surface area contributed by atoms with Crippen molar-refractivity contribution >= 4 is 15.9 Å². The van der Waals surface area contributed by atoms with Crippen LogP contribution in [0, 0.1) is 25.7 Å². The second-order valence-corrected chi connectivity index (χ2v) is 9.09. The van der Waals surface area contributed by atoms with Crippen LogP contribution in [-0.2, 0) is 14.8 Å². The van der Waals surface area contributed by atoms with Crippen LogP contribution in [0.2, 0.25) is 0 Å². The minimum atomic E-state index is -3.65. The van der Waals surface area contributed by atoms with Gasteiger partial charge in [-0.05, 0) is 45.4 Å². The quantitative estimate of drug-likeness (QED) is 0.665. The van der Waals surface area contributed by atoms with Crippen molar-refractivity contribution in [2.24, 2.45) is 17.6 Å². The van der Waals surface area contributed by atoms with E-state index in [1.165, 1.54) is 4.31 Å². The van der Waals surface area contributed by atoms with Crippen LogP contribution in [-0.4, -0.2) is 54.5 Å². The summed E-state index contributed by atoms with van der Waals surface area (Å²) in [7, 11) is -3.65. The maximum atomic E-state index is 12.9. The number of hydrogen-bond donors (Lipinski definition) is 3. The molecule has 2 fully saturated rings. The van der Waals surface area contributed by atoms with Crippen LogP contribution >= 0.6 is 0 Å². The number of nitrogens with one attached hydrogen (secondary N) is 2. The van der Waals surface area contributed by atoms with Gasteiger partial charge in [-0.2, -0.15) is 9.40 Å². The molecule has 25 heavy (non-hydrogen) atoms. The molecular formula is C16H27N5O3S. The Morgan fingerprint density at radius 1 is 1.40 bits per heavy atom. The first-order valence-electron chi connectivity index (χ1n) is 8.85. The Bertz CT molecular complexity index is 721. The fraction of sp³-hybridized carbons (Fsp3) is 0.750. The fourth-order valence-electron chi connectivity index (χ4n) is 3.48. The Balaban J connectivity index is 1.65. The molecule has 1 saturated heterocycles. The molecule has 0 aromatic carbocycles. The van der Waals surface area contributed by atoms with E-state index >= 15 is 0 Å². The lowest BCUT2D eigenvalue weighted by molar-refractivity contribution is -0.126. The van der Waals surface area contributed by atoms with Gasteiger partial charge in [-0.15, -0.1) is 0 Å². The highest BCUT2D eigenvalue weighted by Gasteiger charge is 2.36. The van der Waals surface area contributed by atoms with Gasteiger partial charge >= 0.3 is 0 Å². The Kier molecular flexibility index (Phi) is 5.17. The molecule has 0 bridgehead atoms. The van der Waals surface area contributed by atoms with E-state index in [2.05, 4.69) is 15.5 Å². The predicted octanol–water partition coefficient (Wildman–Crippen LogP) is 0.281. The van der Waals surface area contributed by atoms with Crippen molar-refractivity contribution in [2.75, 3.05) is 19.6 Å². The number of nitrogens with two attached hydrogens (primary N) is 1. The number of aryl methyl sites for hydroxylation is 2. The maximum Gasteiger partial charge on any atom is 0.246 e. The average Bonchev–Trinajstić information content (AvgIpc) is 3.37. The van der Waals surface area contributed by atoms with E-state index in [0.29, 0.717) is 43.2 Å². The number of piperidine rings is 1. The van der Waals surface area contributed by atoms with Gasteiger partial charge in [-0.3, -0.25) is 9.89 Å². The molecule has 1 aliphatic heterocycles. The number of sulfonamides is 1. The first-order valence-corrected chi connectivity index (χ1v) is 10.3. The molecule has 2 unspecified atom stereocenters. The van der Waals surface area contributed by atoms with E-state index in [4.69, 9.17) is 5.73 Å². The Hall–Kier alpha value is -1.45. The van der Waals surface area contributed by atoms with E-state index < -0.39 is 10.0 Å². The molecule has 1 saturated carbocycles. The van der Waals surface area contributed by atoms with Gasteiger partial charge in [0.1, 0.15) is 4.90 Å². The van der Waals surface area contributed by atoms with Gasteiger partial charge in [0, 0.05) is 25.7 Å². The number of hydrogen-bond acceptors (Lipinski definition) is 5. The normalized spacial score (nSPS) is 23.4. The third-order valence-electron chi connectivity index (χ3n) is 5.15. The second kappa shape index (κ2) is 7.05. The van der Waals surface area contributed by atoms with Gasteiger partial charge in [0.15, 0.2) is 0 Å². The predicted molar refractivity (Wildman–Crippen MR) is 93.3 cm³/mol. The summed E-state index contributed by atoms with van der Waals surface area (Å²) >= 11 is 0. The summed E-state index contributed by atoms with van der Waals surface area (Å²) in [6.45, 7) is 4.46. The lowest BCUT2D eigenvalue weighted by Gasteiger charge is -2.31. The number of rotatable bonds is 6. The summed E-state index contributed by atoms with van der Waals surface area (Å²) < 4.78 is 27.3. The lowest BCUT2D eigenvalue weighted by atomic mass is 9.98. The van der Waals surface area contributed by atoms with E-state index in [0.717, 1.165) is 12.8 Å². The minimum absolute atomic E-state index is 0.00334. The maximum absolute atomic E-state index is 12.9. The monoisotopic (exact) mass is 369 g/mol. The first-order chi connectivity index (χ1) is 11.8.